The number of hydrogen-bond donors (Lipinski definition) is 0. The maximum absolute atomic E-state index is 12.0. The Morgan fingerprint density at radius 2 is 1.89 bits per heavy atom. The zero-order chi connectivity index (χ0) is 13.1. The molecule has 3 nitrogen and oxygen atoms in total. The highest BCUT2D eigenvalue weighted by Gasteiger charge is 2.20. The molecule has 0 fully saturated rings. The molecule has 1 aromatic heterocycles. The molecule has 0 spiro atoms. The first-order valence-electron chi connectivity index (χ1n) is 6.22. The third kappa shape index (κ3) is 2.21. The number of aryl methyl sites for hydroxylation is 1. The molecule has 0 saturated carbocycles. The normalized spacial score (nSPS) is 10.8. The van der Waals surface area contributed by atoms with Crippen molar-refractivity contribution in [3.63, 3.8) is 0 Å². The second-order valence-electron chi connectivity index (χ2n) is 4.25. The second kappa shape index (κ2) is 5.17. The topological polar surface area (TPSA) is 47.3 Å². The van der Waals surface area contributed by atoms with E-state index in [2.05, 4.69) is 0 Å². The van der Waals surface area contributed by atoms with E-state index in [1.54, 1.807) is 6.92 Å². The van der Waals surface area contributed by atoms with Crippen molar-refractivity contribution in [2.75, 3.05) is 0 Å². The quantitative estimate of drug-likeness (QED) is 0.597. The Bertz CT molecular complexity index is 593. The molecule has 0 N–H and O–H groups in total. The monoisotopic (exact) mass is 244 g/mol. The van der Waals surface area contributed by atoms with Crippen LogP contribution in [-0.2, 0) is 11.2 Å². The Balaban J connectivity index is 2.44. The summed E-state index contributed by atoms with van der Waals surface area (Å²) in [6.07, 6.45) is 1.04. The van der Waals surface area contributed by atoms with Gasteiger partial charge in [0.15, 0.2) is 5.76 Å². The van der Waals surface area contributed by atoms with Crippen molar-refractivity contribution in [1.82, 2.24) is 0 Å². The molecule has 0 saturated heterocycles. The summed E-state index contributed by atoms with van der Waals surface area (Å²) in [6.45, 7) is 3.74. The molecular formula is C15H16O3. The van der Waals surface area contributed by atoms with Crippen LogP contribution >= 0.6 is 0 Å². The average Bonchev–Trinajstić information content (AvgIpc) is 2.77. The van der Waals surface area contributed by atoms with Crippen molar-refractivity contribution in [3.05, 3.63) is 35.6 Å². The Labute approximate surface area is 106 Å². The van der Waals surface area contributed by atoms with Gasteiger partial charge in [0.25, 0.3) is 0 Å². The molecule has 3 heteroatoms. The first-order valence-corrected chi connectivity index (χ1v) is 6.22. The van der Waals surface area contributed by atoms with Crippen molar-refractivity contribution in [1.29, 1.82) is 0 Å². The lowest BCUT2D eigenvalue weighted by Crippen LogP contribution is -2.07. The minimum atomic E-state index is -0.213. The maximum atomic E-state index is 12.0. The fourth-order valence-electron chi connectivity index (χ4n) is 2.06. The molecule has 1 aromatic carbocycles. The van der Waals surface area contributed by atoms with Gasteiger partial charge < -0.3 is 4.42 Å². The summed E-state index contributed by atoms with van der Waals surface area (Å²) in [5.74, 6) is 0.0814. The van der Waals surface area contributed by atoms with E-state index >= 15 is 0 Å². The van der Waals surface area contributed by atoms with Gasteiger partial charge in [-0.05, 0) is 12.5 Å². The van der Waals surface area contributed by atoms with Gasteiger partial charge in [0.1, 0.15) is 11.4 Å². The fourth-order valence-corrected chi connectivity index (χ4v) is 2.06. The lowest BCUT2D eigenvalue weighted by Gasteiger charge is -1.98. The van der Waals surface area contributed by atoms with E-state index in [1.165, 1.54) is 0 Å². The van der Waals surface area contributed by atoms with Crippen molar-refractivity contribution in [3.8, 4) is 0 Å². The van der Waals surface area contributed by atoms with Gasteiger partial charge in [-0.2, -0.15) is 0 Å². The van der Waals surface area contributed by atoms with E-state index in [0.29, 0.717) is 17.8 Å². The predicted molar refractivity (Wildman–Crippen MR) is 69.8 cm³/mol. The molecule has 0 bridgehead atoms. The Hall–Kier alpha value is -1.90. The van der Waals surface area contributed by atoms with E-state index in [0.717, 1.165) is 17.4 Å². The van der Waals surface area contributed by atoms with Gasteiger partial charge in [-0.25, -0.2) is 0 Å². The van der Waals surface area contributed by atoms with Crippen molar-refractivity contribution in [2.24, 2.45) is 0 Å². The molecule has 0 unspecified atom stereocenters. The fraction of sp³-hybridized carbons (Fsp3) is 0.333. The number of furan rings is 1. The molecule has 0 aliphatic carbocycles. The van der Waals surface area contributed by atoms with Gasteiger partial charge in [-0.1, -0.05) is 32.0 Å². The van der Waals surface area contributed by atoms with Gasteiger partial charge in [-0.15, -0.1) is 0 Å². The minimum Gasteiger partial charge on any atom is -0.453 e. The number of hydrogen-bond acceptors (Lipinski definition) is 3. The number of fused-ring (bicyclic) bond motifs is 1. The summed E-state index contributed by atoms with van der Waals surface area (Å²) in [5, 5.41) is 0.965. The molecule has 2 rings (SSSR count). The number of carbonyl (C=O) groups is 2. The number of carbonyl (C=O) groups excluding carboxylic acids is 2. The molecule has 0 aliphatic rings. The third-order valence-corrected chi connectivity index (χ3v) is 3.06. The van der Waals surface area contributed by atoms with Crippen LogP contribution in [0.1, 0.15) is 42.8 Å². The van der Waals surface area contributed by atoms with Gasteiger partial charge in [-0.3, -0.25) is 9.59 Å². The van der Waals surface area contributed by atoms with E-state index in [-0.39, 0.29) is 18.0 Å². The summed E-state index contributed by atoms with van der Waals surface area (Å²) in [4.78, 5) is 23.4. The number of benzene rings is 1. The van der Waals surface area contributed by atoms with Crippen LogP contribution < -0.4 is 0 Å². The van der Waals surface area contributed by atoms with Gasteiger partial charge in [0.2, 0.25) is 5.78 Å². The molecule has 18 heavy (non-hydrogen) atoms. The zero-order valence-corrected chi connectivity index (χ0v) is 10.7. The molecule has 94 valence electrons. The van der Waals surface area contributed by atoms with E-state index in [4.69, 9.17) is 4.42 Å². The molecule has 1 heterocycles. The van der Waals surface area contributed by atoms with Crippen molar-refractivity contribution >= 4 is 22.5 Å². The Morgan fingerprint density at radius 1 is 1.17 bits per heavy atom. The van der Waals surface area contributed by atoms with E-state index < -0.39 is 0 Å². The van der Waals surface area contributed by atoms with Crippen LogP contribution in [0, 0.1) is 0 Å². The van der Waals surface area contributed by atoms with Crippen LogP contribution in [0.5, 0.6) is 0 Å². The second-order valence-corrected chi connectivity index (χ2v) is 4.25. The smallest absolute Gasteiger partial charge is 0.205 e. The van der Waals surface area contributed by atoms with Crippen molar-refractivity contribution < 1.29 is 14.0 Å². The minimum absolute atomic E-state index is 0.0532. The molecule has 0 aliphatic heterocycles. The van der Waals surface area contributed by atoms with Gasteiger partial charge >= 0.3 is 0 Å². The largest absolute Gasteiger partial charge is 0.453 e. The lowest BCUT2D eigenvalue weighted by molar-refractivity contribution is -0.117. The summed E-state index contributed by atoms with van der Waals surface area (Å²) in [6, 6.07) is 7.57. The highest BCUT2D eigenvalue weighted by Crippen LogP contribution is 2.27. The van der Waals surface area contributed by atoms with Crippen LogP contribution in [0.4, 0.5) is 0 Å². The molecule has 0 amide bonds. The van der Waals surface area contributed by atoms with Crippen molar-refractivity contribution in [2.45, 2.75) is 33.1 Å². The Morgan fingerprint density at radius 3 is 2.56 bits per heavy atom. The van der Waals surface area contributed by atoms with Gasteiger partial charge in [0, 0.05) is 17.4 Å². The first kappa shape index (κ1) is 12.6. The SMILES string of the molecule is CCC(=O)CC(=O)c1oc2ccccc2c1CC. The molecule has 0 atom stereocenters. The maximum Gasteiger partial charge on any atom is 0.205 e. The average molecular weight is 244 g/mol. The lowest BCUT2D eigenvalue weighted by atomic mass is 10.0. The summed E-state index contributed by atoms with van der Waals surface area (Å²) in [7, 11) is 0. The predicted octanol–water partition coefficient (Wildman–Crippen LogP) is 3.55. The third-order valence-electron chi connectivity index (χ3n) is 3.06. The molecule has 0 radical (unpaired) electrons. The van der Waals surface area contributed by atoms with E-state index in [9.17, 15) is 9.59 Å². The zero-order valence-electron chi connectivity index (χ0n) is 10.7. The number of Topliss-reactive ketones (excluding diaryl/α,β-unsaturated/α-hetero) is 2. The molecule has 2 aromatic rings. The van der Waals surface area contributed by atoms with Crippen LogP contribution in [0.15, 0.2) is 28.7 Å². The summed E-state index contributed by atoms with van der Waals surface area (Å²) >= 11 is 0. The van der Waals surface area contributed by atoms with Crippen LogP contribution in [0.25, 0.3) is 11.0 Å². The van der Waals surface area contributed by atoms with Crippen LogP contribution in [0.2, 0.25) is 0 Å². The number of ketones is 2. The number of para-hydroxylation sites is 1. The van der Waals surface area contributed by atoms with Crippen LogP contribution in [0.3, 0.4) is 0 Å². The van der Waals surface area contributed by atoms with E-state index in [1.807, 2.05) is 31.2 Å². The molecular weight excluding hydrogens is 228 g/mol. The highest BCUT2D eigenvalue weighted by atomic mass is 16.3. The Kier molecular flexibility index (Phi) is 3.60. The van der Waals surface area contributed by atoms with Crippen LogP contribution in [-0.4, -0.2) is 11.6 Å². The highest BCUT2D eigenvalue weighted by molar-refractivity contribution is 6.09. The van der Waals surface area contributed by atoms with Gasteiger partial charge in [0.05, 0.1) is 6.42 Å². The first-order chi connectivity index (χ1) is 8.67. The number of rotatable bonds is 5. The summed E-state index contributed by atoms with van der Waals surface area (Å²) < 4.78 is 5.60. The standard InChI is InChI=1S/C15H16O3/c1-3-10(16)9-13(17)15-11(4-2)12-7-5-6-8-14(12)18-15/h5-8H,3-4,9H2,1-2H3. The summed E-state index contributed by atoms with van der Waals surface area (Å²) in [5.41, 5.74) is 1.61.